The molecule has 0 radical (unpaired) electrons. The summed E-state index contributed by atoms with van der Waals surface area (Å²) in [5.41, 5.74) is 0.911. The molecule has 1 atom stereocenters. The molecular formula is C17H23ClN4O4S. The van der Waals surface area contributed by atoms with Crippen LogP contribution in [0.25, 0.3) is 0 Å². The molecule has 1 unspecified atom stereocenters. The van der Waals surface area contributed by atoms with E-state index in [1.165, 1.54) is 7.11 Å². The summed E-state index contributed by atoms with van der Waals surface area (Å²) in [6.45, 7) is 1.86. The van der Waals surface area contributed by atoms with Crippen LogP contribution in [0.15, 0.2) is 29.4 Å². The Kier molecular flexibility index (Phi) is 8.21. The molecule has 2 heterocycles. The standard InChI is InChI=1S/C17H22N4O4S.ClH/c1-24-15(23)10-25-14-4-2-13(3-5-14)21-16(12-6-8-18-9-7-12)26-17(20-21)19-11-22;/h2-5,11-12,16,18H,6-10H2,1H3,(H,19,20,22);1H. The van der Waals surface area contributed by atoms with E-state index in [0.29, 0.717) is 23.2 Å². The van der Waals surface area contributed by atoms with Crippen LogP contribution in [0.2, 0.25) is 0 Å². The van der Waals surface area contributed by atoms with Gasteiger partial charge in [-0.05, 0) is 56.1 Å². The van der Waals surface area contributed by atoms with Crippen LogP contribution in [0.5, 0.6) is 5.75 Å². The lowest BCUT2D eigenvalue weighted by Crippen LogP contribution is -2.38. The summed E-state index contributed by atoms with van der Waals surface area (Å²) in [6.07, 6.45) is 2.79. The molecule has 1 saturated heterocycles. The van der Waals surface area contributed by atoms with Gasteiger partial charge in [0.05, 0.1) is 12.8 Å². The van der Waals surface area contributed by atoms with Gasteiger partial charge in [-0.2, -0.15) is 0 Å². The van der Waals surface area contributed by atoms with Gasteiger partial charge in [-0.1, -0.05) is 11.8 Å². The van der Waals surface area contributed by atoms with Gasteiger partial charge in [-0.25, -0.2) is 9.80 Å². The van der Waals surface area contributed by atoms with Crippen molar-refractivity contribution in [2.75, 3.05) is 31.8 Å². The van der Waals surface area contributed by atoms with E-state index in [1.807, 2.05) is 17.1 Å². The lowest BCUT2D eigenvalue weighted by atomic mass is 9.97. The van der Waals surface area contributed by atoms with E-state index >= 15 is 0 Å². The van der Waals surface area contributed by atoms with Gasteiger partial charge in [0.25, 0.3) is 0 Å². The van der Waals surface area contributed by atoms with E-state index in [2.05, 4.69) is 20.5 Å². The van der Waals surface area contributed by atoms with Crippen LogP contribution >= 0.6 is 24.2 Å². The number of carbonyl (C=O) groups excluding carboxylic acids is 2. The van der Waals surface area contributed by atoms with E-state index in [4.69, 9.17) is 4.74 Å². The minimum atomic E-state index is -0.426. The smallest absolute Gasteiger partial charge is 0.343 e. The number of anilines is 1. The maximum absolute atomic E-state index is 11.2. The second-order valence-electron chi connectivity index (χ2n) is 5.97. The van der Waals surface area contributed by atoms with E-state index in [-0.39, 0.29) is 24.4 Å². The fourth-order valence-corrected chi connectivity index (χ4v) is 4.20. The van der Waals surface area contributed by atoms with Crippen molar-refractivity contribution in [1.29, 1.82) is 0 Å². The van der Waals surface area contributed by atoms with Crippen LogP contribution in [-0.4, -0.2) is 49.7 Å². The molecule has 27 heavy (non-hydrogen) atoms. The number of nitrogens with one attached hydrogen (secondary N) is 2. The molecule has 1 fully saturated rings. The summed E-state index contributed by atoms with van der Waals surface area (Å²) in [6, 6.07) is 7.38. The van der Waals surface area contributed by atoms with E-state index in [0.717, 1.165) is 31.6 Å². The largest absolute Gasteiger partial charge is 0.482 e. The van der Waals surface area contributed by atoms with Gasteiger partial charge < -0.3 is 20.1 Å². The molecule has 0 aliphatic carbocycles. The Labute approximate surface area is 168 Å². The first-order chi connectivity index (χ1) is 12.7. The monoisotopic (exact) mass is 414 g/mol. The molecule has 8 nitrogen and oxygen atoms in total. The third kappa shape index (κ3) is 5.50. The molecule has 2 N–H and O–H groups in total. The van der Waals surface area contributed by atoms with Crippen molar-refractivity contribution in [1.82, 2.24) is 10.6 Å². The van der Waals surface area contributed by atoms with Crippen molar-refractivity contribution in [2.45, 2.75) is 18.2 Å². The zero-order valence-corrected chi connectivity index (χ0v) is 16.6. The zero-order valence-electron chi connectivity index (χ0n) is 14.9. The fourth-order valence-electron chi connectivity index (χ4n) is 2.98. The summed E-state index contributed by atoms with van der Waals surface area (Å²) < 4.78 is 9.94. The van der Waals surface area contributed by atoms with Crippen LogP contribution < -0.4 is 20.4 Å². The number of thioether (sulfide) groups is 1. The summed E-state index contributed by atoms with van der Waals surface area (Å²) in [4.78, 5) is 22.0. The lowest BCUT2D eigenvalue weighted by molar-refractivity contribution is -0.142. The van der Waals surface area contributed by atoms with Gasteiger partial charge in [0.1, 0.15) is 11.1 Å². The van der Waals surface area contributed by atoms with Gasteiger partial charge in [-0.15, -0.1) is 17.5 Å². The number of amides is 1. The summed E-state index contributed by atoms with van der Waals surface area (Å²) in [5.74, 6) is 0.635. The third-order valence-corrected chi connectivity index (χ3v) is 5.58. The molecule has 148 valence electrons. The molecule has 2 aliphatic rings. The number of ether oxygens (including phenoxy) is 2. The van der Waals surface area contributed by atoms with Crippen LogP contribution in [0.1, 0.15) is 12.8 Å². The first-order valence-corrected chi connectivity index (χ1v) is 9.34. The van der Waals surface area contributed by atoms with Crippen molar-refractivity contribution >= 4 is 47.4 Å². The van der Waals surface area contributed by atoms with Gasteiger partial charge in [0, 0.05) is 0 Å². The number of hydrazone groups is 1. The minimum absolute atomic E-state index is 0. The van der Waals surface area contributed by atoms with Gasteiger partial charge in [0.15, 0.2) is 11.8 Å². The molecule has 3 rings (SSSR count). The first kappa shape index (κ1) is 21.3. The predicted octanol–water partition coefficient (Wildman–Crippen LogP) is 1.56. The molecule has 2 aliphatic heterocycles. The summed E-state index contributed by atoms with van der Waals surface area (Å²) >= 11 is 1.58. The molecule has 1 amide bonds. The second kappa shape index (κ2) is 10.4. The number of halogens is 1. The molecule has 1 aromatic carbocycles. The molecule has 0 saturated carbocycles. The number of methoxy groups -OCH3 is 1. The number of esters is 1. The number of nitrogens with zero attached hydrogens (tertiary/aromatic N) is 2. The number of carbonyl (C=O) groups is 2. The molecule has 1 aromatic rings. The van der Waals surface area contributed by atoms with Gasteiger partial charge in [0.2, 0.25) is 6.41 Å². The Morgan fingerprint density at radius 3 is 2.70 bits per heavy atom. The summed E-state index contributed by atoms with van der Waals surface area (Å²) in [7, 11) is 1.32. The third-order valence-electron chi connectivity index (χ3n) is 4.33. The molecule has 0 aromatic heterocycles. The van der Waals surface area contributed by atoms with Crippen LogP contribution in [-0.2, 0) is 14.3 Å². The highest BCUT2D eigenvalue weighted by atomic mass is 35.5. The molecular weight excluding hydrogens is 392 g/mol. The molecule has 10 heteroatoms. The maximum atomic E-state index is 11.2. The van der Waals surface area contributed by atoms with Gasteiger partial charge >= 0.3 is 5.97 Å². The van der Waals surface area contributed by atoms with Crippen LogP contribution in [0.4, 0.5) is 5.69 Å². The number of amidine groups is 1. The highest BCUT2D eigenvalue weighted by Crippen LogP contribution is 2.38. The summed E-state index contributed by atoms with van der Waals surface area (Å²) in [5, 5.41) is 13.3. The number of hydrogen-bond acceptors (Lipinski definition) is 8. The first-order valence-electron chi connectivity index (χ1n) is 8.46. The Balaban J connectivity index is 0.00000261. The lowest BCUT2D eigenvalue weighted by Gasteiger charge is -2.32. The molecule has 0 spiro atoms. The molecule has 0 bridgehead atoms. The maximum Gasteiger partial charge on any atom is 0.343 e. The Morgan fingerprint density at radius 2 is 2.07 bits per heavy atom. The number of hydrogen-bond donors (Lipinski definition) is 2. The van der Waals surface area contributed by atoms with Crippen LogP contribution in [0.3, 0.4) is 0 Å². The number of rotatable bonds is 6. The predicted molar refractivity (Wildman–Crippen MR) is 107 cm³/mol. The number of benzene rings is 1. The van der Waals surface area contributed by atoms with Crippen LogP contribution in [0, 0.1) is 5.92 Å². The highest BCUT2D eigenvalue weighted by Gasteiger charge is 2.35. The second-order valence-corrected chi connectivity index (χ2v) is 7.07. The van der Waals surface area contributed by atoms with Crippen molar-refractivity contribution in [3.8, 4) is 5.75 Å². The average molecular weight is 415 g/mol. The fraction of sp³-hybridized carbons (Fsp3) is 0.471. The SMILES string of the molecule is COC(=O)COc1ccc(N2N=C(NC=O)SC2C2CCNCC2)cc1.Cl. The minimum Gasteiger partial charge on any atom is -0.482 e. The average Bonchev–Trinajstić information content (AvgIpc) is 3.11. The topological polar surface area (TPSA) is 92.3 Å². The quantitative estimate of drug-likeness (QED) is 0.539. The van der Waals surface area contributed by atoms with E-state index in [9.17, 15) is 9.59 Å². The Bertz CT molecular complexity index is 667. The number of piperidine rings is 1. The van der Waals surface area contributed by atoms with Crippen molar-refractivity contribution < 1.29 is 19.1 Å². The normalized spacial score (nSPS) is 19.7. The van der Waals surface area contributed by atoms with E-state index in [1.54, 1.807) is 23.9 Å². The van der Waals surface area contributed by atoms with E-state index < -0.39 is 5.97 Å². The van der Waals surface area contributed by atoms with Crippen molar-refractivity contribution in [2.24, 2.45) is 11.0 Å². The zero-order chi connectivity index (χ0) is 18.4. The highest BCUT2D eigenvalue weighted by molar-refractivity contribution is 8.14. The van der Waals surface area contributed by atoms with Crippen molar-refractivity contribution in [3.05, 3.63) is 24.3 Å². The van der Waals surface area contributed by atoms with Gasteiger partial charge in [-0.3, -0.25) is 4.79 Å². The van der Waals surface area contributed by atoms with Crippen molar-refractivity contribution in [3.63, 3.8) is 0 Å². The Hall–Kier alpha value is -1.97. The Morgan fingerprint density at radius 1 is 1.37 bits per heavy atom.